The number of benzene rings is 1. The fourth-order valence-electron chi connectivity index (χ4n) is 5.56. The SMILES string of the molecule is CCCCOc1ccc(C2CCC(C3CCC(CCC)CC3)CC2)c(F)c1Cl. The molecule has 0 saturated heterocycles. The molecule has 1 aromatic rings. The van der Waals surface area contributed by atoms with Crippen LogP contribution in [0.4, 0.5) is 4.39 Å². The van der Waals surface area contributed by atoms with E-state index in [1.165, 1.54) is 51.4 Å². The van der Waals surface area contributed by atoms with Gasteiger partial charge in [0.1, 0.15) is 16.6 Å². The monoisotopic (exact) mass is 408 g/mol. The number of rotatable bonds is 8. The number of hydrogen-bond donors (Lipinski definition) is 0. The summed E-state index contributed by atoms with van der Waals surface area (Å²) in [6, 6.07) is 3.79. The molecule has 0 aromatic heterocycles. The summed E-state index contributed by atoms with van der Waals surface area (Å²) in [5, 5.41) is 0.171. The quantitative estimate of drug-likeness (QED) is 0.391. The number of unbranched alkanes of at least 4 members (excludes halogenated alkanes) is 1. The molecule has 0 radical (unpaired) electrons. The minimum Gasteiger partial charge on any atom is -0.492 e. The molecule has 0 aliphatic heterocycles. The van der Waals surface area contributed by atoms with Gasteiger partial charge in [-0.1, -0.05) is 63.6 Å². The molecule has 0 amide bonds. The third-order valence-electron chi connectivity index (χ3n) is 7.30. The molecule has 158 valence electrons. The maximum absolute atomic E-state index is 14.9. The normalized spacial score (nSPS) is 28.3. The summed E-state index contributed by atoms with van der Waals surface area (Å²) < 4.78 is 20.6. The Morgan fingerprint density at radius 3 is 2.18 bits per heavy atom. The summed E-state index contributed by atoms with van der Waals surface area (Å²) in [4.78, 5) is 0. The molecule has 3 heteroatoms. The molecule has 2 fully saturated rings. The van der Waals surface area contributed by atoms with Crippen LogP contribution in [0.2, 0.25) is 5.02 Å². The molecule has 2 saturated carbocycles. The Morgan fingerprint density at radius 2 is 1.57 bits per heavy atom. The molecular formula is C25H38ClFO. The zero-order valence-corrected chi connectivity index (χ0v) is 18.6. The van der Waals surface area contributed by atoms with E-state index in [1.54, 1.807) is 0 Å². The Morgan fingerprint density at radius 1 is 0.929 bits per heavy atom. The van der Waals surface area contributed by atoms with E-state index < -0.39 is 0 Å². The highest BCUT2D eigenvalue weighted by molar-refractivity contribution is 6.32. The van der Waals surface area contributed by atoms with Gasteiger partial charge >= 0.3 is 0 Å². The van der Waals surface area contributed by atoms with Crippen molar-refractivity contribution >= 4 is 11.6 Å². The highest BCUT2D eigenvalue weighted by atomic mass is 35.5. The highest BCUT2D eigenvalue weighted by Crippen LogP contribution is 2.46. The van der Waals surface area contributed by atoms with Gasteiger partial charge in [0.05, 0.1) is 6.61 Å². The van der Waals surface area contributed by atoms with Crippen molar-refractivity contribution < 1.29 is 9.13 Å². The Bertz CT molecular complexity index is 601. The van der Waals surface area contributed by atoms with E-state index in [4.69, 9.17) is 16.3 Å². The Balaban J connectivity index is 1.53. The fraction of sp³-hybridized carbons (Fsp3) is 0.760. The Labute approximate surface area is 176 Å². The van der Waals surface area contributed by atoms with Crippen LogP contribution >= 0.6 is 11.6 Å². The fourth-order valence-corrected chi connectivity index (χ4v) is 5.78. The van der Waals surface area contributed by atoms with Crippen LogP contribution in [0.3, 0.4) is 0 Å². The van der Waals surface area contributed by atoms with Crippen LogP contribution < -0.4 is 4.74 Å². The summed E-state index contributed by atoms with van der Waals surface area (Å²) in [6.45, 7) is 5.02. The molecule has 3 rings (SSSR count). The van der Waals surface area contributed by atoms with E-state index in [1.807, 2.05) is 12.1 Å². The van der Waals surface area contributed by atoms with E-state index in [9.17, 15) is 4.39 Å². The van der Waals surface area contributed by atoms with Gasteiger partial charge in [0, 0.05) is 0 Å². The van der Waals surface area contributed by atoms with Crippen LogP contribution in [0, 0.1) is 23.6 Å². The predicted octanol–water partition coefficient (Wildman–Crippen LogP) is 8.54. The summed E-state index contributed by atoms with van der Waals surface area (Å²) in [6.07, 6.45) is 15.2. The van der Waals surface area contributed by atoms with Gasteiger partial charge in [-0.2, -0.15) is 0 Å². The van der Waals surface area contributed by atoms with E-state index >= 15 is 0 Å². The first kappa shape index (κ1) is 21.9. The summed E-state index contributed by atoms with van der Waals surface area (Å²) in [5.74, 6) is 3.31. The van der Waals surface area contributed by atoms with Gasteiger partial charge in [0.2, 0.25) is 0 Å². The Kier molecular flexibility index (Phi) is 8.51. The van der Waals surface area contributed by atoms with Crippen molar-refractivity contribution in [3.8, 4) is 5.75 Å². The average molecular weight is 409 g/mol. The topological polar surface area (TPSA) is 9.23 Å². The van der Waals surface area contributed by atoms with Crippen molar-refractivity contribution in [2.24, 2.45) is 17.8 Å². The molecule has 1 nitrogen and oxygen atoms in total. The van der Waals surface area contributed by atoms with Crippen molar-refractivity contribution in [2.75, 3.05) is 6.61 Å². The molecule has 2 aliphatic rings. The standard InChI is InChI=1S/C25H38ClFO/c1-3-5-17-28-23-16-15-22(25(27)24(23)26)21-13-11-20(12-14-21)19-9-7-18(6-4-2)8-10-19/h15-16,18-21H,3-14,17H2,1-2H3. The lowest BCUT2D eigenvalue weighted by Crippen LogP contribution is -2.25. The molecule has 0 heterocycles. The zero-order valence-electron chi connectivity index (χ0n) is 17.8. The van der Waals surface area contributed by atoms with Crippen molar-refractivity contribution in [1.29, 1.82) is 0 Å². The molecule has 0 spiro atoms. The summed E-state index contributed by atoms with van der Waals surface area (Å²) in [5.41, 5.74) is 0.804. The first-order chi connectivity index (χ1) is 13.6. The second-order valence-corrected chi connectivity index (χ2v) is 9.54. The molecule has 2 aliphatic carbocycles. The maximum Gasteiger partial charge on any atom is 0.149 e. The minimum absolute atomic E-state index is 0.171. The van der Waals surface area contributed by atoms with Crippen LogP contribution in [-0.2, 0) is 0 Å². The zero-order chi connectivity index (χ0) is 19.9. The molecule has 0 atom stereocenters. The lowest BCUT2D eigenvalue weighted by molar-refractivity contribution is 0.156. The van der Waals surface area contributed by atoms with Crippen molar-refractivity contribution in [1.82, 2.24) is 0 Å². The van der Waals surface area contributed by atoms with E-state index in [0.717, 1.165) is 49.0 Å². The van der Waals surface area contributed by atoms with Crippen LogP contribution in [-0.4, -0.2) is 6.61 Å². The molecule has 1 aromatic carbocycles. The van der Waals surface area contributed by atoms with Crippen LogP contribution in [0.15, 0.2) is 12.1 Å². The van der Waals surface area contributed by atoms with E-state index in [0.29, 0.717) is 18.3 Å². The third-order valence-corrected chi connectivity index (χ3v) is 7.65. The van der Waals surface area contributed by atoms with Crippen molar-refractivity contribution in [3.05, 3.63) is 28.5 Å². The number of ether oxygens (including phenoxy) is 1. The molecule has 0 unspecified atom stereocenters. The third kappa shape index (κ3) is 5.43. The van der Waals surface area contributed by atoms with Gasteiger partial charge < -0.3 is 4.74 Å². The molecule has 0 N–H and O–H groups in total. The van der Waals surface area contributed by atoms with Gasteiger partial charge in [-0.3, -0.25) is 0 Å². The van der Waals surface area contributed by atoms with Crippen LogP contribution in [0.25, 0.3) is 0 Å². The van der Waals surface area contributed by atoms with Crippen molar-refractivity contribution in [3.63, 3.8) is 0 Å². The molecule has 28 heavy (non-hydrogen) atoms. The molecular weight excluding hydrogens is 371 g/mol. The highest BCUT2D eigenvalue weighted by Gasteiger charge is 2.32. The summed E-state index contributed by atoms with van der Waals surface area (Å²) in [7, 11) is 0. The second kappa shape index (κ2) is 10.9. The van der Waals surface area contributed by atoms with Gasteiger partial charge in [-0.25, -0.2) is 4.39 Å². The predicted molar refractivity (Wildman–Crippen MR) is 117 cm³/mol. The number of halogens is 2. The van der Waals surface area contributed by atoms with Gasteiger partial charge in [0.25, 0.3) is 0 Å². The number of hydrogen-bond acceptors (Lipinski definition) is 1. The first-order valence-corrected chi connectivity index (χ1v) is 12.1. The van der Waals surface area contributed by atoms with Crippen LogP contribution in [0.1, 0.15) is 102 Å². The average Bonchev–Trinajstić information content (AvgIpc) is 2.72. The largest absolute Gasteiger partial charge is 0.492 e. The molecule has 0 bridgehead atoms. The van der Waals surface area contributed by atoms with Gasteiger partial charge in [-0.05, 0) is 80.2 Å². The van der Waals surface area contributed by atoms with Crippen molar-refractivity contribution in [2.45, 2.75) is 96.8 Å². The summed E-state index contributed by atoms with van der Waals surface area (Å²) >= 11 is 6.29. The minimum atomic E-state index is -0.251. The second-order valence-electron chi connectivity index (χ2n) is 9.16. The lowest BCUT2D eigenvalue weighted by Gasteiger charge is -2.38. The van der Waals surface area contributed by atoms with E-state index in [-0.39, 0.29) is 10.8 Å². The van der Waals surface area contributed by atoms with Gasteiger partial charge in [-0.15, -0.1) is 0 Å². The van der Waals surface area contributed by atoms with Crippen LogP contribution in [0.5, 0.6) is 5.75 Å². The Hall–Kier alpha value is -0.760. The van der Waals surface area contributed by atoms with E-state index in [2.05, 4.69) is 13.8 Å². The smallest absolute Gasteiger partial charge is 0.149 e. The van der Waals surface area contributed by atoms with Gasteiger partial charge in [0.15, 0.2) is 0 Å². The first-order valence-electron chi connectivity index (χ1n) is 11.7. The maximum atomic E-state index is 14.9. The lowest BCUT2D eigenvalue weighted by atomic mass is 9.68.